The minimum absolute atomic E-state index is 0.0841. The Balaban J connectivity index is 2.22. The zero-order valence-electron chi connectivity index (χ0n) is 11.9. The molecule has 1 unspecified atom stereocenters. The lowest BCUT2D eigenvalue weighted by Gasteiger charge is -2.14. The van der Waals surface area contributed by atoms with E-state index in [4.69, 9.17) is 15.2 Å². The van der Waals surface area contributed by atoms with Crippen LogP contribution in [0, 0.1) is 11.7 Å². The van der Waals surface area contributed by atoms with Crippen LogP contribution in [0.4, 0.5) is 4.39 Å². The molecule has 0 saturated heterocycles. The number of hydrogen-bond donors (Lipinski definition) is 2. The van der Waals surface area contributed by atoms with Gasteiger partial charge in [-0.1, -0.05) is 0 Å². The van der Waals surface area contributed by atoms with E-state index in [1.165, 1.54) is 14.2 Å². The highest BCUT2D eigenvalue weighted by Gasteiger charge is 2.30. The normalized spacial score (nSPS) is 16.6. The number of nitrogens with two attached hydrogens (primary N) is 1. The van der Waals surface area contributed by atoms with Crippen molar-refractivity contribution in [2.45, 2.75) is 23.8 Å². The second-order valence-electron chi connectivity index (χ2n) is 4.99. The number of hydrogen-bond acceptors (Lipinski definition) is 5. The monoisotopic (exact) mass is 318 g/mol. The Morgan fingerprint density at radius 1 is 1.33 bits per heavy atom. The van der Waals surface area contributed by atoms with E-state index in [1.54, 1.807) is 0 Å². The Morgan fingerprint density at radius 3 is 2.43 bits per heavy atom. The van der Waals surface area contributed by atoms with Gasteiger partial charge in [-0.2, -0.15) is 0 Å². The van der Waals surface area contributed by atoms with Gasteiger partial charge in [0, 0.05) is 24.7 Å². The molecule has 1 aliphatic rings. The average Bonchev–Trinajstić information content (AvgIpc) is 3.28. The summed E-state index contributed by atoms with van der Waals surface area (Å²) in [6.07, 6.45) is 2.02. The lowest BCUT2D eigenvalue weighted by atomic mass is 10.2. The van der Waals surface area contributed by atoms with Gasteiger partial charge in [-0.15, -0.1) is 0 Å². The summed E-state index contributed by atoms with van der Waals surface area (Å²) in [5, 5.41) is 0. The van der Waals surface area contributed by atoms with E-state index in [1.807, 2.05) is 0 Å². The standard InChI is InChI=1S/C13H19FN2O4S/c1-19-11-5-9(14)13(6-12(11)20-2)21(17,18)16-7-10(15)8-3-4-8/h5-6,8,10,16H,3-4,7,15H2,1-2H3. The molecule has 21 heavy (non-hydrogen) atoms. The third kappa shape index (κ3) is 3.63. The van der Waals surface area contributed by atoms with Crippen molar-refractivity contribution in [1.29, 1.82) is 0 Å². The largest absolute Gasteiger partial charge is 0.493 e. The summed E-state index contributed by atoms with van der Waals surface area (Å²) >= 11 is 0. The molecule has 1 aromatic carbocycles. The molecule has 6 nitrogen and oxygen atoms in total. The fourth-order valence-corrected chi connectivity index (χ4v) is 3.16. The number of nitrogens with one attached hydrogen (secondary N) is 1. The highest BCUT2D eigenvalue weighted by atomic mass is 32.2. The van der Waals surface area contributed by atoms with Crippen molar-refractivity contribution < 1.29 is 22.3 Å². The van der Waals surface area contributed by atoms with Crippen molar-refractivity contribution in [3.05, 3.63) is 17.9 Å². The van der Waals surface area contributed by atoms with Crippen molar-refractivity contribution in [2.24, 2.45) is 11.7 Å². The molecule has 0 spiro atoms. The summed E-state index contributed by atoms with van der Waals surface area (Å²) in [4.78, 5) is -0.483. The maximum Gasteiger partial charge on any atom is 0.243 e. The molecular weight excluding hydrogens is 299 g/mol. The van der Waals surface area contributed by atoms with Gasteiger partial charge in [0.15, 0.2) is 11.5 Å². The van der Waals surface area contributed by atoms with E-state index in [9.17, 15) is 12.8 Å². The van der Waals surface area contributed by atoms with E-state index in [2.05, 4.69) is 4.72 Å². The molecule has 118 valence electrons. The molecule has 0 aromatic heterocycles. The third-order valence-corrected chi connectivity index (χ3v) is 4.90. The van der Waals surface area contributed by atoms with Gasteiger partial charge in [0.1, 0.15) is 10.7 Å². The molecule has 1 fully saturated rings. The Bertz CT molecular complexity index is 617. The molecule has 2 rings (SSSR count). The molecule has 0 aliphatic heterocycles. The van der Waals surface area contributed by atoms with E-state index >= 15 is 0 Å². The molecular formula is C13H19FN2O4S. The van der Waals surface area contributed by atoms with E-state index < -0.39 is 20.7 Å². The zero-order chi connectivity index (χ0) is 15.6. The molecule has 0 radical (unpaired) electrons. The second-order valence-corrected chi connectivity index (χ2v) is 6.73. The number of methoxy groups -OCH3 is 2. The third-order valence-electron chi connectivity index (χ3n) is 3.46. The fourth-order valence-electron chi connectivity index (χ4n) is 2.02. The van der Waals surface area contributed by atoms with Crippen molar-refractivity contribution in [2.75, 3.05) is 20.8 Å². The molecule has 0 bridgehead atoms. The van der Waals surface area contributed by atoms with Crippen LogP contribution in [0.15, 0.2) is 17.0 Å². The van der Waals surface area contributed by atoms with Crippen molar-refractivity contribution in [3.8, 4) is 11.5 Å². The predicted molar refractivity (Wildman–Crippen MR) is 75.4 cm³/mol. The molecule has 3 N–H and O–H groups in total. The van der Waals surface area contributed by atoms with Crippen LogP contribution >= 0.6 is 0 Å². The van der Waals surface area contributed by atoms with Gasteiger partial charge in [0.2, 0.25) is 10.0 Å². The topological polar surface area (TPSA) is 90.7 Å². The van der Waals surface area contributed by atoms with Gasteiger partial charge < -0.3 is 15.2 Å². The smallest absolute Gasteiger partial charge is 0.243 e. The lowest BCUT2D eigenvalue weighted by Crippen LogP contribution is -2.38. The van der Waals surface area contributed by atoms with Crippen LogP contribution in [0.1, 0.15) is 12.8 Å². The van der Waals surface area contributed by atoms with Crippen LogP contribution in [0.2, 0.25) is 0 Å². The van der Waals surface area contributed by atoms with Crippen LogP contribution in [0.3, 0.4) is 0 Å². The summed E-state index contributed by atoms with van der Waals surface area (Å²) < 4.78 is 50.5. The summed E-state index contributed by atoms with van der Waals surface area (Å²) in [7, 11) is -1.29. The minimum atomic E-state index is -3.99. The summed E-state index contributed by atoms with van der Waals surface area (Å²) in [5.74, 6) is -0.280. The summed E-state index contributed by atoms with van der Waals surface area (Å²) in [6, 6.07) is 1.83. The molecule has 0 amide bonds. The second kappa shape index (κ2) is 6.17. The first-order chi connectivity index (χ1) is 9.89. The van der Waals surface area contributed by atoms with Gasteiger partial charge in [-0.25, -0.2) is 17.5 Å². The zero-order valence-corrected chi connectivity index (χ0v) is 12.7. The minimum Gasteiger partial charge on any atom is -0.493 e. The number of ether oxygens (including phenoxy) is 2. The number of halogens is 1. The lowest BCUT2D eigenvalue weighted by molar-refractivity contribution is 0.350. The molecule has 1 aliphatic carbocycles. The molecule has 1 aromatic rings. The molecule has 0 heterocycles. The SMILES string of the molecule is COc1cc(F)c(S(=O)(=O)NCC(N)C2CC2)cc1OC. The Morgan fingerprint density at radius 2 is 1.90 bits per heavy atom. The van der Waals surface area contributed by atoms with E-state index in [0.717, 1.165) is 25.0 Å². The molecule has 8 heteroatoms. The highest BCUT2D eigenvalue weighted by molar-refractivity contribution is 7.89. The number of benzene rings is 1. The van der Waals surface area contributed by atoms with Gasteiger partial charge in [0.25, 0.3) is 0 Å². The molecule has 1 saturated carbocycles. The maximum absolute atomic E-state index is 14.0. The molecule has 1 atom stereocenters. The quantitative estimate of drug-likeness (QED) is 0.778. The van der Waals surface area contributed by atoms with Gasteiger partial charge >= 0.3 is 0 Å². The van der Waals surface area contributed by atoms with Gasteiger partial charge in [-0.05, 0) is 18.8 Å². The number of rotatable bonds is 7. The van der Waals surface area contributed by atoms with Crippen LogP contribution in [0.25, 0.3) is 0 Å². The van der Waals surface area contributed by atoms with Crippen LogP contribution < -0.4 is 19.9 Å². The first-order valence-electron chi connectivity index (χ1n) is 6.55. The Labute approximate surface area is 123 Å². The Kier molecular flexibility index (Phi) is 4.70. The first-order valence-corrected chi connectivity index (χ1v) is 8.04. The first kappa shape index (κ1) is 16.0. The maximum atomic E-state index is 14.0. The summed E-state index contributed by atoms with van der Waals surface area (Å²) in [5.41, 5.74) is 5.84. The highest BCUT2D eigenvalue weighted by Crippen LogP contribution is 2.33. The van der Waals surface area contributed by atoms with Crippen LogP contribution in [-0.4, -0.2) is 35.2 Å². The van der Waals surface area contributed by atoms with Crippen molar-refractivity contribution in [3.63, 3.8) is 0 Å². The number of sulfonamides is 1. The van der Waals surface area contributed by atoms with Gasteiger partial charge in [-0.3, -0.25) is 0 Å². The van der Waals surface area contributed by atoms with Gasteiger partial charge in [0.05, 0.1) is 14.2 Å². The van der Waals surface area contributed by atoms with Crippen LogP contribution in [0.5, 0.6) is 11.5 Å². The fraction of sp³-hybridized carbons (Fsp3) is 0.538. The van der Waals surface area contributed by atoms with Crippen molar-refractivity contribution >= 4 is 10.0 Å². The summed E-state index contributed by atoms with van der Waals surface area (Å²) in [6.45, 7) is 0.0841. The van der Waals surface area contributed by atoms with E-state index in [-0.39, 0.29) is 24.1 Å². The van der Waals surface area contributed by atoms with Crippen LogP contribution in [-0.2, 0) is 10.0 Å². The Hall–Kier alpha value is -1.38. The van der Waals surface area contributed by atoms with E-state index in [0.29, 0.717) is 5.92 Å². The predicted octanol–water partition coefficient (Wildman–Crippen LogP) is 0.859. The van der Waals surface area contributed by atoms with Crippen molar-refractivity contribution in [1.82, 2.24) is 4.72 Å². The average molecular weight is 318 g/mol.